The van der Waals surface area contributed by atoms with Gasteiger partial charge in [0.05, 0.1) is 6.04 Å². The monoisotopic (exact) mass is 399 g/mol. The molecule has 1 fully saturated rings. The molecule has 0 radical (unpaired) electrons. The highest BCUT2D eigenvalue weighted by Gasteiger charge is 2.29. The number of halogens is 2. The van der Waals surface area contributed by atoms with E-state index in [4.69, 9.17) is 0 Å². The molecule has 1 aliphatic rings. The number of rotatable bonds is 4. The van der Waals surface area contributed by atoms with Crippen molar-refractivity contribution in [2.45, 2.75) is 6.04 Å². The standard InChI is InChI=1S/C20H19F2N5O2/c21-15-5-1-13(2-6-15)17(14-3-7-16(22)8-4-14)26-9-11-27(12-10-26)19(28)18-23-20(29)25-24-18/h1-8,17H,9-12H2,(H2,23,24,25,29). The van der Waals surface area contributed by atoms with Crippen molar-refractivity contribution in [1.29, 1.82) is 0 Å². The number of hydrogen-bond acceptors (Lipinski definition) is 4. The number of hydrogen-bond donors (Lipinski definition) is 2. The second kappa shape index (κ2) is 7.96. The molecule has 150 valence electrons. The van der Waals surface area contributed by atoms with Crippen LogP contribution < -0.4 is 5.69 Å². The third-order valence-corrected chi connectivity index (χ3v) is 5.04. The summed E-state index contributed by atoms with van der Waals surface area (Å²) in [7, 11) is 0. The van der Waals surface area contributed by atoms with Gasteiger partial charge in [-0.3, -0.25) is 14.7 Å². The van der Waals surface area contributed by atoms with Crippen molar-refractivity contribution >= 4 is 5.91 Å². The first kappa shape index (κ1) is 19.0. The zero-order valence-electron chi connectivity index (χ0n) is 15.4. The highest BCUT2D eigenvalue weighted by atomic mass is 19.1. The Hall–Kier alpha value is -3.33. The maximum atomic E-state index is 13.4. The molecular formula is C20H19F2N5O2. The summed E-state index contributed by atoms with van der Waals surface area (Å²) in [4.78, 5) is 29.8. The molecule has 2 heterocycles. The number of H-pyrrole nitrogens is 2. The molecule has 1 aromatic heterocycles. The minimum atomic E-state index is -0.528. The Balaban J connectivity index is 1.54. The van der Waals surface area contributed by atoms with E-state index in [1.54, 1.807) is 29.2 Å². The van der Waals surface area contributed by atoms with Gasteiger partial charge in [0, 0.05) is 26.2 Å². The van der Waals surface area contributed by atoms with E-state index >= 15 is 0 Å². The third-order valence-electron chi connectivity index (χ3n) is 5.04. The van der Waals surface area contributed by atoms with Crippen molar-refractivity contribution in [3.8, 4) is 0 Å². The van der Waals surface area contributed by atoms with Crippen LogP contribution in [0.4, 0.5) is 8.78 Å². The molecule has 1 saturated heterocycles. The second-order valence-corrected chi connectivity index (χ2v) is 6.86. The van der Waals surface area contributed by atoms with Crippen LogP contribution in [0.2, 0.25) is 0 Å². The molecule has 1 amide bonds. The molecule has 0 spiro atoms. The topological polar surface area (TPSA) is 85.1 Å². The third kappa shape index (κ3) is 4.09. The second-order valence-electron chi connectivity index (χ2n) is 6.86. The summed E-state index contributed by atoms with van der Waals surface area (Å²) in [6.45, 7) is 1.98. The molecule has 7 nitrogen and oxygen atoms in total. The van der Waals surface area contributed by atoms with Crippen LogP contribution in [0, 0.1) is 11.6 Å². The van der Waals surface area contributed by atoms with Crippen LogP contribution >= 0.6 is 0 Å². The normalized spacial score (nSPS) is 15.1. The summed E-state index contributed by atoms with van der Waals surface area (Å²) >= 11 is 0. The van der Waals surface area contributed by atoms with Gasteiger partial charge in [0.1, 0.15) is 11.6 Å². The summed E-state index contributed by atoms with van der Waals surface area (Å²) in [6, 6.07) is 12.3. The van der Waals surface area contributed by atoms with Gasteiger partial charge in [-0.05, 0) is 35.4 Å². The van der Waals surface area contributed by atoms with Crippen LogP contribution in [0.1, 0.15) is 27.8 Å². The SMILES string of the molecule is O=C(c1n[nH]c(=O)[nH]1)N1CCN(C(c2ccc(F)cc2)c2ccc(F)cc2)CC1. The number of carbonyl (C=O) groups is 1. The lowest BCUT2D eigenvalue weighted by molar-refractivity contribution is 0.0586. The highest BCUT2D eigenvalue weighted by molar-refractivity contribution is 5.90. The Kier molecular flexibility index (Phi) is 5.22. The van der Waals surface area contributed by atoms with Crippen molar-refractivity contribution < 1.29 is 13.6 Å². The first-order chi connectivity index (χ1) is 14.0. The molecule has 1 aliphatic heterocycles. The van der Waals surface area contributed by atoms with Crippen molar-refractivity contribution in [1.82, 2.24) is 25.0 Å². The predicted molar refractivity (Wildman–Crippen MR) is 101 cm³/mol. The quantitative estimate of drug-likeness (QED) is 0.702. The summed E-state index contributed by atoms with van der Waals surface area (Å²) in [5.41, 5.74) is 1.24. The summed E-state index contributed by atoms with van der Waals surface area (Å²) < 4.78 is 26.8. The van der Waals surface area contributed by atoms with Crippen molar-refractivity contribution in [3.63, 3.8) is 0 Å². The van der Waals surface area contributed by atoms with Gasteiger partial charge in [0.2, 0.25) is 5.82 Å². The molecule has 0 atom stereocenters. The number of benzene rings is 2. The van der Waals surface area contributed by atoms with E-state index in [1.807, 2.05) is 0 Å². The smallest absolute Gasteiger partial charge is 0.333 e. The van der Waals surface area contributed by atoms with Crippen LogP contribution in [0.15, 0.2) is 53.3 Å². The van der Waals surface area contributed by atoms with E-state index in [2.05, 4.69) is 20.1 Å². The number of aromatic nitrogens is 3. The minimum Gasteiger partial charge on any atom is -0.333 e. The Morgan fingerprint density at radius 1 is 0.897 bits per heavy atom. The van der Waals surface area contributed by atoms with Gasteiger partial charge < -0.3 is 4.90 Å². The fourth-order valence-corrected chi connectivity index (χ4v) is 3.61. The molecule has 3 aromatic rings. The summed E-state index contributed by atoms with van der Waals surface area (Å²) in [6.07, 6.45) is 0. The number of amides is 1. The van der Waals surface area contributed by atoms with Gasteiger partial charge in [-0.25, -0.2) is 18.7 Å². The van der Waals surface area contributed by atoms with Crippen molar-refractivity contribution in [3.05, 3.63) is 87.6 Å². The first-order valence-electron chi connectivity index (χ1n) is 9.20. The zero-order chi connectivity index (χ0) is 20.4. The maximum Gasteiger partial charge on any atom is 0.341 e. The number of nitrogens with zero attached hydrogens (tertiary/aromatic N) is 3. The highest BCUT2D eigenvalue weighted by Crippen LogP contribution is 2.30. The van der Waals surface area contributed by atoms with Crippen LogP contribution in [0.25, 0.3) is 0 Å². The fourth-order valence-electron chi connectivity index (χ4n) is 3.61. The minimum absolute atomic E-state index is 0.0166. The lowest BCUT2D eigenvalue weighted by Gasteiger charge is -2.39. The molecule has 0 unspecified atom stereocenters. The van der Waals surface area contributed by atoms with Crippen LogP contribution in [0.3, 0.4) is 0 Å². The van der Waals surface area contributed by atoms with Gasteiger partial charge in [-0.15, -0.1) is 5.10 Å². The Bertz CT molecular complexity index is 992. The molecule has 0 bridgehead atoms. The van der Waals surface area contributed by atoms with Gasteiger partial charge in [0.25, 0.3) is 5.91 Å². The van der Waals surface area contributed by atoms with Crippen LogP contribution in [-0.2, 0) is 0 Å². The van der Waals surface area contributed by atoms with E-state index in [0.717, 1.165) is 11.1 Å². The van der Waals surface area contributed by atoms with Gasteiger partial charge in [-0.2, -0.15) is 0 Å². The number of piperazine rings is 1. The Morgan fingerprint density at radius 3 is 1.86 bits per heavy atom. The molecule has 29 heavy (non-hydrogen) atoms. The lowest BCUT2D eigenvalue weighted by atomic mass is 9.96. The first-order valence-corrected chi connectivity index (χ1v) is 9.20. The van der Waals surface area contributed by atoms with Gasteiger partial charge in [0.15, 0.2) is 0 Å². The molecule has 2 aromatic carbocycles. The molecule has 2 N–H and O–H groups in total. The van der Waals surface area contributed by atoms with Gasteiger partial charge in [-0.1, -0.05) is 24.3 Å². The fraction of sp³-hybridized carbons (Fsp3) is 0.250. The van der Waals surface area contributed by atoms with Crippen LogP contribution in [-0.4, -0.2) is 57.1 Å². The molecule has 0 saturated carbocycles. The summed E-state index contributed by atoms with van der Waals surface area (Å²) in [5, 5.41) is 5.88. The number of aromatic amines is 2. The Labute approximate surface area is 165 Å². The predicted octanol–water partition coefficient (Wildman–Crippen LogP) is 1.92. The average molecular weight is 399 g/mol. The van der Waals surface area contributed by atoms with E-state index in [1.165, 1.54) is 24.3 Å². The molecule has 9 heteroatoms. The van der Waals surface area contributed by atoms with Crippen molar-refractivity contribution in [2.24, 2.45) is 0 Å². The maximum absolute atomic E-state index is 13.4. The molecule has 0 aliphatic carbocycles. The van der Waals surface area contributed by atoms with E-state index < -0.39 is 5.69 Å². The van der Waals surface area contributed by atoms with E-state index in [9.17, 15) is 18.4 Å². The zero-order valence-corrected chi connectivity index (χ0v) is 15.4. The largest absolute Gasteiger partial charge is 0.341 e. The Morgan fingerprint density at radius 2 is 1.41 bits per heavy atom. The number of nitrogens with one attached hydrogen (secondary N) is 2. The summed E-state index contributed by atoms with van der Waals surface area (Å²) in [5.74, 6) is -1.01. The van der Waals surface area contributed by atoms with E-state index in [-0.39, 0.29) is 29.4 Å². The van der Waals surface area contributed by atoms with Crippen molar-refractivity contribution in [2.75, 3.05) is 26.2 Å². The average Bonchev–Trinajstić information content (AvgIpc) is 3.17. The lowest BCUT2D eigenvalue weighted by Crippen LogP contribution is -2.50. The van der Waals surface area contributed by atoms with Gasteiger partial charge >= 0.3 is 5.69 Å². The molecule has 4 rings (SSSR count). The number of carbonyl (C=O) groups excluding carboxylic acids is 1. The molecular weight excluding hydrogens is 380 g/mol. The van der Waals surface area contributed by atoms with E-state index in [0.29, 0.717) is 26.2 Å². The van der Waals surface area contributed by atoms with Crippen LogP contribution in [0.5, 0.6) is 0 Å².